The van der Waals surface area contributed by atoms with Gasteiger partial charge in [0.05, 0.1) is 5.36 Å². The minimum absolute atomic E-state index is 0.404. The molecule has 4 nitrogen and oxygen atoms in total. The number of rotatable bonds is 0. The molecule has 78 valence electrons. The maximum Gasteiger partial charge on any atom is 0.155 e. The molecular weight excluding hydrogens is 202 g/mol. The first-order valence-corrected chi connectivity index (χ1v) is 4.87. The van der Waals surface area contributed by atoms with Crippen molar-refractivity contribution in [1.29, 1.82) is 5.41 Å². The van der Waals surface area contributed by atoms with Gasteiger partial charge in [0.25, 0.3) is 0 Å². The third-order valence-corrected chi connectivity index (χ3v) is 2.40. The number of hydrogen-bond donors (Lipinski definition) is 2. The van der Waals surface area contributed by atoms with Crippen molar-refractivity contribution in [1.82, 2.24) is 4.98 Å². The highest BCUT2D eigenvalue weighted by molar-refractivity contribution is 5.79. The maximum atomic E-state index is 7.51. The van der Waals surface area contributed by atoms with E-state index in [-0.39, 0.29) is 0 Å². The molecule has 2 aliphatic rings. The smallest absolute Gasteiger partial charge is 0.155 e. The predicted molar refractivity (Wildman–Crippen MR) is 60.9 cm³/mol. The topological polar surface area (TPSA) is 75.9 Å². The molecular formula is C12H9N3O. The van der Waals surface area contributed by atoms with Gasteiger partial charge in [-0.15, -0.1) is 0 Å². The van der Waals surface area contributed by atoms with Crippen LogP contribution < -0.4 is 11.1 Å². The summed E-state index contributed by atoms with van der Waals surface area (Å²) in [7, 11) is 0. The first kappa shape index (κ1) is 8.91. The first-order chi connectivity index (χ1) is 7.72. The summed E-state index contributed by atoms with van der Waals surface area (Å²) >= 11 is 0. The fourth-order valence-corrected chi connectivity index (χ4v) is 1.64. The Bertz CT molecular complexity index is 702. The molecule has 0 bridgehead atoms. The van der Waals surface area contributed by atoms with Crippen LogP contribution in [0.25, 0.3) is 22.6 Å². The summed E-state index contributed by atoms with van der Waals surface area (Å²) < 4.78 is 5.65. The molecule has 0 spiro atoms. The molecule has 16 heavy (non-hydrogen) atoms. The molecule has 3 rings (SSSR count). The van der Waals surface area contributed by atoms with Crippen molar-refractivity contribution < 1.29 is 4.42 Å². The Labute approximate surface area is 91.2 Å². The van der Waals surface area contributed by atoms with Gasteiger partial charge in [-0.3, -0.25) is 0 Å². The van der Waals surface area contributed by atoms with Crippen molar-refractivity contribution in [2.45, 2.75) is 0 Å². The summed E-state index contributed by atoms with van der Waals surface area (Å²) in [6, 6.07) is 10.5. The summed E-state index contributed by atoms with van der Waals surface area (Å²) in [5.74, 6) is 0.602. The van der Waals surface area contributed by atoms with Crippen LogP contribution in [0.15, 0.2) is 40.8 Å². The molecule has 0 saturated carbocycles. The minimum Gasteiger partial charge on any atom is -0.453 e. The second-order valence-corrected chi connectivity index (χ2v) is 3.62. The van der Waals surface area contributed by atoms with Gasteiger partial charge < -0.3 is 15.6 Å². The van der Waals surface area contributed by atoms with Gasteiger partial charge in [0.2, 0.25) is 0 Å². The number of benzene rings is 2. The van der Waals surface area contributed by atoms with Crippen molar-refractivity contribution >= 4 is 16.8 Å². The van der Waals surface area contributed by atoms with Gasteiger partial charge in [0.15, 0.2) is 11.3 Å². The standard InChI is InChI=1S/C12H9N3O/c13-7-1-3-9-11(5-7)16-12-6-8(14)2-4-10(12)15-9/h1-6,13H,14H2. The highest BCUT2D eigenvalue weighted by Gasteiger charge is 2.07. The Morgan fingerprint density at radius 3 is 2.88 bits per heavy atom. The molecule has 0 fully saturated rings. The van der Waals surface area contributed by atoms with Gasteiger partial charge >= 0.3 is 0 Å². The zero-order valence-corrected chi connectivity index (χ0v) is 8.40. The van der Waals surface area contributed by atoms with Gasteiger partial charge in [0, 0.05) is 17.8 Å². The monoisotopic (exact) mass is 211 g/mol. The molecule has 1 aliphatic heterocycles. The van der Waals surface area contributed by atoms with Crippen LogP contribution in [0.1, 0.15) is 0 Å². The fraction of sp³-hybridized carbons (Fsp3) is 0. The summed E-state index contributed by atoms with van der Waals surface area (Å²) in [6.07, 6.45) is 0. The summed E-state index contributed by atoms with van der Waals surface area (Å²) in [4.78, 5) is 4.43. The number of hydrogen-bond acceptors (Lipinski definition) is 4. The number of aromatic nitrogens is 1. The number of anilines is 1. The van der Waals surface area contributed by atoms with Crippen molar-refractivity contribution in [3.8, 4) is 11.5 Å². The lowest BCUT2D eigenvalue weighted by atomic mass is 10.2. The zero-order valence-electron chi connectivity index (χ0n) is 8.40. The summed E-state index contributed by atoms with van der Waals surface area (Å²) in [5, 5.41) is 7.92. The molecule has 0 saturated heterocycles. The van der Waals surface area contributed by atoms with E-state index >= 15 is 0 Å². The number of nitrogens with zero attached hydrogens (tertiary/aromatic N) is 1. The van der Waals surface area contributed by atoms with E-state index in [4.69, 9.17) is 15.6 Å². The molecule has 1 heterocycles. The summed E-state index contributed by atoms with van der Waals surface area (Å²) in [6.45, 7) is 0. The van der Waals surface area contributed by atoms with Crippen molar-refractivity contribution in [2.75, 3.05) is 5.73 Å². The third-order valence-electron chi connectivity index (χ3n) is 2.40. The third kappa shape index (κ3) is 1.32. The summed E-state index contributed by atoms with van der Waals surface area (Å²) in [5.41, 5.74) is 8.46. The minimum atomic E-state index is 0.404. The number of fused-ring (bicyclic) bond motifs is 2. The van der Waals surface area contributed by atoms with Crippen LogP contribution in [-0.2, 0) is 0 Å². The molecule has 3 N–H and O–H groups in total. The van der Waals surface area contributed by atoms with Crippen LogP contribution in [-0.4, -0.2) is 4.98 Å². The highest BCUT2D eigenvalue weighted by atomic mass is 16.3. The number of nitrogens with one attached hydrogen (secondary N) is 1. The van der Waals surface area contributed by atoms with E-state index in [2.05, 4.69) is 4.98 Å². The quantitative estimate of drug-likeness (QED) is 0.441. The fourth-order valence-electron chi connectivity index (χ4n) is 1.64. The molecule has 0 unspecified atom stereocenters. The lowest BCUT2D eigenvalue weighted by Crippen LogP contribution is -1.99. The largest absolute Gasteiger partial charge is 0.453 e. The number of nitrogens with two attached hydrogens (primary N) is 1. The Balaban J connectivity index is 2.46. The number of nitrogen functional groups attached to an aromatic ring is 1. The lowest BCUT2D eigenvalue weighted by Gasteiger charge is -2.05. The van der Waals surface area contributed by atoms with E-state index in [1.54, 1.807) is 30.3 Å². The van der Waals surface area contributed by atoms with Crippen molar-refractivity contribution in [3.05, 3.63) is 41.8 Å². The van der Waals surface area contributed by atoms with E-state index in [0.717, 1.165) is 11.2 Å². The van der Waals surface area contributed by atoms with Crippen LogP contribution in [0.5, 0.6) is 0 Å². The molecule has 1 aromatic carbocycles. The van der Waals surface area contributed by atoms with Crippen LogP contribution in [0.2, 0.25) is 0 Å². The molecule has 1 aliphatic carbocycles. The van der Waals surface area contributed by atoms with E-state index in [1.165, 1.54) is 0 Å². The molecule has 0 radical (unpaired) electrons. The van der Waals surface area contributed by atoms with E-state index < -0.39 is 0 Å². The average Bonchev–Trinajstić information content (AvgIpc) is 2.26. The van der Waals surface area contributed by atoms with E-state index in [9.17, 15) is 0 Å². The van der Waals surface area contributed by atoms with Gasteiger partial charge in [0.1, 0.15) is 11.2 Å². The second kappa shape index (κ2) is 3.06. The Morgan fingerprint density at radius 1 is 1.12 bits per heavy atom. The Hall–Kier alpha value is -2.36. The molecule has 1 aromatic rings. The molecule has 0 aromatic heterocycles. The van der Waals surface area contributed by atoms with Crippen LogP contribution >= 0.6 is 0 Å². The zero-order chi connectivity index (χ0) is 11.1. The van der Waals surface area contributed by atoms with Gasteiger partial charge in [-0.2, -0.15) is 0 Å². The maximum absolute atomic E-state index is 7.51. The van der Waals surface area contributed by atoms with Crippen LogP contribution in [0.3, 0.4) is 0 Å². The Morgan fingerprint density at radius 2 is 2.00 bits per heavy atom. The van der Waals surface area contributed by atoms with Gasteiger partial charge in [-0.1, -0.05) is 0 Å². The van der Waals surface area contributed by atoms with Gasteiger partial charge in [-0.05, 0) is 24.3 Å². The molecule has 4 heteroatoms. The van der Waals surface area contributed by atoms with Crippen LogP contribution in [0.4, 0.5) is 5.69 Å². The predicted octanol–water partition coefficient (Wildman–Crippen LogP) is 1.99. The van der Waals surface area contributed by atoms with E-state index in [0.29, 0.717) is 22.4 Å². The second-order valence-electron chi connectivity index (χ2n) is 3.62. The SMILES string of the molecule is N=c1ccc2nc3ccc(N)cc3oc-2c1. The van der Waals surface area contributed by atoms with Crippen molar-refractivity contribution in [2.24, 2.45) is 0 Å². The highest BCUT2D eigenvalue weighted by Crippen LogP contribution is 2.24. The van der Waals surface area contributed by atoms with Gasteiger partial charge in [-0.25, -0.2) is 4.98 Å². The van der Waals surface area contributed by atoms with E-state index in [1.807, 2.05) is 6.07 Å². The normalized spacial score (nSPS) is 11.0. The Kier molecular flexibility index (Phi) is 1.71. The molecule has 0 amide bonds. The lowest BCUT2D eigenvalue weighted by molar-refractivity contribution is 0.612. The van der Waals surface area contributed by atoms with Crippen LogP contribution in [0, 0.1) is 5.41 Å². The van der Waals surface area contributed by atoms with Crippen molar-refractivity contribution in [3.63, 3.8) is 0 Å². The average molecular weight is 211 g/mol. The first-order valence-electron chi connectivity index (χ1n) is 4.87. The molecule has 0 atom stereocenters.